The van der Waals surface area contributed by atoms with Crippen LogP contribution in [0.4, 0.5) is 4.79 Å². The van der Waals surface area contributed by atoms with Crippen molar-refractivity contribution in [2.45, 2.75) is 11.5 Å². The van der Waals surface area contributed by atoms with Crippen molar-refractivity contribution in [2.24, 2.45) is 0 Å². The van der Waals surface area contributed by atoms with E-state index in [2.05, 4.69) is 60.7 Å². The molecule has 0 atom stereocenters. The molecule has 0 aromatic heterocycles. The van der Waals surface area contributed by atoms with Gasteiger partial charge in [0.25, 0.3) is 0 Å². The van der Waals surface area contributed by atoms with Crippen molar-refractivity contribution in [3.8, 4) is 11.1 Å². The molecular formula is C55H69NO12. The normalized spacial score (nSPS) is 12.2. The van der Waals surface area contributed by atoms with E-state index in [0.717, 1.165) is 16.7 Å². The molecule has 6 rings (SSSR count). The van der Waals surface area contributed by atoms with Crippen molar-refractivity contribution in [2.75, 3.05) is 146 Å². The predicted molar refractivity (Wildman–Crippen MR) is 260 cm³/mol. The number of carbonyl (C=O) groups is 1. The lowest BCUT2D eigenvalue weighted by Crippen LogP contribution is -2.34. The van der Waals surface area contributed by atoms with Crippen LogP contribution in [0.15, 0.2) is 140 Å². The summed E-state index contributed by atoms with van der Waals surface area (Å²) in [7, 11) is 1.72. The van der Waals surface area contributed by atoms with Crippen LogP contribution in [0.25, 0.3) is 11.1 Å². The highest BCUT2D eigenvalue weighted by Gasteiger charge is 2.37. The second kappa shape index (κ2) is 31.2. The predicted octanol–water partition coefficient (Wildman–Crippen LogP) is 8.03. The third kappa shape index (κ3) is 16.9. The fourth-order valence-electron chi connectivity index (χ4n) is 7.88. The van der Waals surface area contributed by atoms with Gasteiger partial charge in [0.2, 0.25) is 0 Å². The van der Waals surface area contributed by atoms with Crippen molar-refractivity contribution in [1.29, 1.82) is 0 Å². The van der Waals surface area contributed by atoms with Crippen molar-refractivity contribution in [3.63, 3.8) is 0 Å². The first-order chi connectivity index (χ1) is 33.7. The molecule has 68 heavy (non-hydrogen) atoms. The molecule has 0 N–H and O–H groups in total. The molecule has 13 heteroatoms. The fraction of sp³-hybridized carbons (Fsp3) is 0.436. The van der Waals surface area contributed by atoms with Crippen LogP contribution >= 0.6 is 0 Å². The fourth-order valence-corrected chi connectivity index (χ4v) is 7.88. The van der Waals surface area contributed by atoms with Crippen LogP contribution in [0.5, 0.6) is 0 Å². The zero-order chi connectivity index (χ0) is 47.2. The molecule has 1 aliphatic rings. The Morgan fingerprint density at radius 2 is 0.691 bits per heavy atom. The van der Waals surface area contributed by atoms with E-state index in [1.54, 1.807) is 7.05 Å². The van der Waals surface area contributed by atoms with E-state index in [9.17, 15) is 4.79 Å². The number of hydrogen-bond acceptors (Lipinski definition) is 12. The number of benzene rings is 5. The summed E-state index contributed by atoms with van der Waals surface area (Å²) in [6, 6.07) is 47.6. The number of likely N-dealkylation sites (N-methyl/N-ethyl adjacent to an activating group) is 1. The van der Waals surface area contributed by atoms with Crippen molar-refractivity contribution < 1.29 is 56.9 Å². The van der Waals surface area contributed by atoms with Gasteiger partial charge in [-0.1, -0.05) is 140 Å². The number of fused-ring (bicyclic) bond motifs is 3. The summed E-state index contributed by atoms with van der Waals surface area (Å²) in [5, 5.41) is 0. The van der Waals surface area contributed by atoms with Crippen molar-refractivity contribution in [1.82, 2.24) is 4.90 Å². The lowest BCUT2D eigenvalue weighted by molar-refractivity contribution is -0.0399. The molecule has 0 radical (unpaired) electrons. The molecule has 0 aliphatic heterocycles. The maximum Gasteiger partial charge on any atom is 0.409 e. The Morgan fingerprint density at radius 3 is 1.04 bits per heavy atom. The molecule has 1 amide bonds. The van der Waals surface area contributed by atoms with Gasteiger partial charge in [-0.2, -0.15) is 0 Å². The molecule has 0 saturated carbocycles. The molecule has 5 aromatic rings. The zero-order valence-corrected chi connectivity index (χ0v) is 39.6. The van der Waals surface area contributed by atoms with Crippen LogP contribution in [0, 0.1) is 0 Å². The Hall–Kier alpha value is -5.03. The summed E-state index contributed by atoms with van der Waals surface area (Å²) in [5.41, 5.74) is 7.22. The summed E-state index contributed by atoms with van der Waals surface area (Å²) in [6.07, 6.45) is -0.366. The average molecular weight is 936 g/mol. The molecule has 0 unspecified atom stereocenters. The van der Waals surface area contributed by atoms with Gasteiger partial charge < -0.3 is 57.0 Å². The van der Waals surface area contributed by atoms with Gasteiger partial charge in [-0.05, 0) is 38.9 Å². The Kier molecular flexibility index (Phi) is 24.0. The average Bonchev–Trinajstić information content (AvgIpc) is 3.71. The van der Waals surface area contributed by atoms with Gasteiger partial charge in [0.1, 0.15) is 12.2 Å². The first kappa shape index (κ1) is 52.3. The smallest absolute Gasteiger partial charge is 0.409 e. The molecule has 0 bridgehead atoms. The van der Waals surface area contributed by atoms with Crippen LogP contribution in [-0.4, -0.2) is 157 Å². The maximum atomic E-state index is 12.7. The van der Waals surface area contributed by atoms with Gasteiger partial charge in [-0.25, -0.2) is 4.79 Å². The summed E-state index contributed by atoms with van der Waals surface area (Å²) in [4.78, 5) is 14.2. The lowest BCUT2D eigenvalue weighted by atomic mass is 9.80. The van der Waals surface area contributed by atoms with Crippen LogP contribution in [0.3, 0.4) is 0 Å². The number of hydrogen-bond donors (Lipinski definition) is 0. The van der Waals surface area contributed by atoms with Crippen LogP contribution in [0.2, 0.25) is 0 Å². The highest BCUT2D eigenvalue weighted by Crippen LogP contribution is 2.44. The summed E-state index contributed by atoms with van der Waals surface area (Å²) in [5.74, 6) is 0.0339. The number of amides is 1. The van der Waals surface area contributed by atoms with Gasteiger partial charge in [0.15, 0.2) is 0 Å². The minimum absolute atomic E-state index is 0.0339. The SMILES string of the molecule is CN(CCOCCOCCOCCOCCOCCOCCOCCOCCOCCOC(c1ccccc1)(c1ccccc1)c1ccccc1)C(=O)OCC1c2ccccc2-c2ccccc21. The summed E-state index contributed by atoms with van der Waals surface area (Å²) >= 11 is 0. The minimum Gasteiger partial charge on any atom is -0.448 e. The van der Waals surface area contributed by atoms with E-state index >= 15 is 0 Å². The first-order valence-corrected chi connectivity index (χ1v) is 23.7. The van der Waals surface area contributed by atoms with Gasteiger partial charge in [-0.3, -0.25) is 0 Å². The van der Waals surface area contributed by atoms with E-state index in [4.69, 9.17) is 52.1 Å². The Bertz CT molecular complexity index is 1950. The minimum atomic E-state index is -0.760. The number of carbonyl (C=O) groups excluding carboxylic acids is 1. The monoisotopic (exact) mass is 935 g/mol. The molecule has 366 valence electrons. The van der Waals surface area contributed by atoms with E-state index in [0.29, 0.717) is 139 Å². The standard InChI is InChI=1S/C55H69NO12/c1-56(54(57)67-45-53-51-23-13-11-21-49(51)50-22-12-14-24-52(50)53)25-26-58-27-28-59-29-30-60-31-32-61-33-34-62-35-36-63-37-38-64-39-40-65-41-42-66-43-44-68-55(46-15-5-2-6-16-46,47-17-7-3-8-18-47)48-19-9-4-10-20-48/h2-24,53H,25-45H2,1H3. The third-order valence-corrected chi connectivity index (χ3v) is 11.3. The van der Waals surface area contributed by atoms with E-state index in [1.807, 2.05) is 78.9 Å². The molecular weight excluding hydrogens is 867 g/mol. The van der Waals surface area contributed by atoms with Gasteiger partial charge in [0.05, 0.1) is 126 Å². The highest BCUT2D eigenvalue weighted by atomic mass is 16.6. The molecule has 0 spiro atoms. The zero-order valence-electron chi connectivity index (χ0n) is 39.6. The topological polar surface area (TPSA) is 122 Å². The Morgan fingerprint density at radius 1 is 0.397 bits per heavy atom. The molecule has 5 aromatic carbocycles. The second-order valence-corrected chi connectivity index (χ2v) is 15.9. The highest BCUT2D eigenvalue weighted by molar-refractivity contribution is 5.79. The Labute approximate surface area is 402 Å². The second-order valence-electron chi connectivity index (χ2n) is 15.9. The van der Waals surface area contributed by atoms with Gasteiger partial charge >= 0.3 is 6.09 Å². The van der Waals surface area contributed by atoms with Gasteiger partial charge in [-0.15, -0.1) is 0 Å². The molecule has 0 saturated heterocycles. The molecule has 0 fully saturated rings. The van der Waals surface area contributed by atoms with E-state index < -0.39 is 5.60 Å². The first-order valence-electron chi connectivity index (χ1n) is 23.7. The number of rotatable bonds is 36. The number of nitrogens with zero attached hydrogens (tertiary/aromatic N) is 1. The van der Waals surface area contributed by atoms with E-state index in [1.165, 1.54) is 27.2 Å². The van der Waals surface area contributed by atoms with Crippen LogP contribution in [0.1, 0.15) is 33.7 Å². The summed E-state index contributed by atoms with van der Waals surface area (Å²) < 4.78 is 63.1. The van der Waals surface area contributed by atoms with Gasteiger partial charge in [0, 0.05) is 19.5 Å². The third-order valence-electron chi connectivity index (χ3n) is 11.3. The molecule has 0 heterocycles. The quantitative estimate of drug-likeness (QED) is 0.0286. The Balaban J connectivity index is 0.652. The molecule has 13 nitrogen and oxygen atoms in total. The van der Waals surface area contributed by atoms with Crippen molar-refractivity contribution >= 4 is 6.09 Å². The number of ether oxygens (including phenoxy) is 11. The van der Waals surface area contributed by atoms with Crippen LogP contribution < -0.4 is 0 Å². The lowest BCUT2D eigenvalue weighted by Gasteiger charge is -2.36. The molecule has 1 aliphatic carbocycles. The largest absolute Gasteiger partial charge is 0.448 e. The summed E-state index contributed by atoms with van der Waals surface area (Å²) in [6.45, 7) is 9.48. The maximum absolute atomic E-state index is 12.7. The van der Waals surface area contributed by atoms with Crippen LogP contribution in [-0.2, 0) is 57.7 Å². The van der Waals surface area contributed by atoms with E-state index in [-0.39, 0.29) is 12.0 Å². The van der Waals surface area contributed by atoms with Crippen molar-refractivity contribution in [3.05, 3.63) is 167 Å².